The van der Waals surface area contributed by atoms with Gasteiger partial charge < -0.3 is 5.32 Å². The molecule has 158 valence electrons. The second kappa shape index (κ2) is 10.2. The molecule has 1 aliphatic heterocycles. The van der Waals surface area contributed by atoms with Gasteiger partial charge in [0.15, 0.2) is 0 Å². The number of H-pyrrole nitrogens is 1. The van der Waals surface area contributed by atoms with Crippen molar-refractivity contribution in [3.63, 3.8) is 0 Å². The summed E-state index contributed by atoms with van der Waals surface area (Å²) in [5.74, 6) is 0. The Kier molecular flexibility index (Phi) is 6.68. The van der Waals surface area contributed by atoms with E-state index in [1.54, 1.807) is 12.4 Å². The van der Waals surface area contributed by atoms with Crippen LogP contribution in [0.25, 0.3) is 23.0 Å². The predicted octanol–water partition coefficient (Wildman–Crippen LogP) is 5.27. The largest absolute Gasteiger partial charge is 0.355 e. The molecular weight excluding hydrogens is 396 g/mol. The average Bonchev–Trinajstić information content (AvgIpc) is 2.83. The maximum Gasteiger partial charge on any atom is 0.273 e. The summed E-state index contributed by atoms with van der Waals surface area (Å²) in [7, 11) is 0. The third kappa shape index (κ3) is 5.26. The van der Waals surface area contributed by atoms with Gasteiger partial charge in [-0.1, -0.05) is 67.3 Å². The van der Waals surface area contributed by atoms with Gasteiger partial charge in [0, 0.05) is 23.7 Å². The summed E-state index contributed by atoms with van der Waals surface area (Å²) in [4.78, 5) is 17.0. The van der Waals surface area contributed by atoms with E-state index in [2.05, 4.69) is 45.3 Å². The fraction of sp³-hybridized carbons (Fsp3) is 0.0741. The molecule has 32 heavy (non-hydrogen) atoms. The molecule has 0 atom stereocenters. The van der Waals surface area contributed by atoms with Crippen LogP contribution in [0.15, 0.2) is 114 Å². The maximum absolute atomic E-state index is 12.9. The molecule has 1 aliphatic rings. The Labute approximate surface area is 187 Å². The lowest BCUT2D eigenvalue weighted by Gasteiger charge is -2.16. The van der Waals surface area contributed by atoms with E-state index < -0.39 is 0 Å². The Morgan fingerprint density at radius 3 is 2.62 bits per heavy atom. The number of aromatic nitrogens is 3. The van der Waals surface area contributed by atoms with E-state index in [-0.39, 0.29) is 5.56 Å². The Hall–Kier alpha value is -4.25. The van der Waals surface area contributed by atoms with Crippen molar-refractivity contribution >= 4 is 11.8 Å². The van der Waals surface area contributed by atoms with Crippen molar-refractivity contribution in [3.8, 4) is 11.3 Å². The van der Waals surface area contributed by atoms with Gasteiger partial charge in [-0.05, 0) is 48.3 Å². The van der Waals surface area contributed by atoms with E-state index in [1.807, 2.05) is 66.8 Å². The van der Waals surface area contributed by atoms with Crippen LogP contribution < -0.4 is 10.9 Å². The number of allylic oxidation sites excluding steroid dienone is 6. The van der Waals surface area contributed by atoms with Crippen LogP contribution in [-0.2, 0) is 0 Å². The standard InChI is InChI=1S/C27H24N4O/c1-20-9-5-2-3-8-12-23(14-13-21-10-6-4-7-11-21)26(29-20)24-19-25(30-31-27(24)32)22-15-17-28-18-16-22/h2-7,9-11,13-19,29H,1,8,12H2,(H,31,32)/b3-2-,9-5-,14-13+,26-23+. The topological polar surface area (TPSA) is 70.7 Å². The summed E-state index contributed by atoms with van der Waals surface area (Å²) in [6.45, 7) is 4.10. The number of benzene rings is 1. The molecular formula is C27H24N4O. The van der Waals surface area contributed by atoms with Gasteiger partial charge in [0.2, 0.25) is 0 Å². The molecule has 4 rings (SSSR count). The van der Waals surface area contributed by atoms with Gasteiger partial charge in [-0.3, -0.25) is 9.78 Å². The normalized spacial score (nSPS) is 18.8. The lowest BCUT2D eigenvalue weighted by molar-refractivity contribution is 0.957. The summed E-state index contributed by atoms with van der Waals surface area (Å²) in [5, 5.41) is 10.2. The zero-order chi connectivity index (χ0) is 22.2. The molecule has 0 aliphatic carbocycles. The second-order valence-electron chi connectivity index (χ2n) is 7.35. The van der Waals surface area contributed by atoms with Gasteiger partial charge in [0.25, 0.3) is 5.56 Å². The number of nitrogens with zero attached hydrogens (tertiary/aromatic N) is 2. The summed E-state index contributed by atoms with van der Waals surface area (Å²) in [6.07, 6.45) is 17.1. The number of rotatable bonds is 4. The third-order valence-electron chi connectivity index (χ3n) is 5.06. The second-order valence-corrected chi connectivity index (χ2v) is 7.35. The lowest BCUT2D eigenvalue weighted by Crippen LogP contribution is -2.21. The third-order valence-corrected chi connectivity index (χ3v) is 5.06. The van der Waals surface area contributed by atoms with Crippen molar-refractivity contribution in [1.82, 2.24) is 20.5 Å². The highest BCUT2D eigenvalue weighted by Crippen LogP contribution is 2.24. The molecule has 5 nitrogen and oxygen atoms in total. The summed E-state index contributed by atoms with van der Waals surface area (Å²) in [5.41, 5.74) is 5.31. The molecule has 2 N–H and O–H groups in total. The highest BCUT2D eigenvalue weighted by atomic mass is 16.1. The van der Waals surface area contributed by atoms with Gasteiger partial charge in [-0.25, -0.2) is 5.10 Å². The maximum atomic E-state index is 12.9. The van der Waals surface area contributed by atoms with Gasteiger partial charge in [0.1, 0.15) is 0 Å². The molecule has 0 spiro atoms. The molecule has 0 unspecified atom stereocenters. The molecule has 3 heterocycles. The Balaban J connectivity index is 1.86. The van der Waals surface area contributed by atoms with E-state index in [4.69, 9.17) is 0 Å². The molecule has 2 aromatic heterocycles. The molecule has 0 amide bonds. The first-order valence-corrected chi connectivity index (χ1v) is 10.5. The van der Waals surface area contributed by atoms with E-state index in [0.29, 0.717) is 17.0 Å². The highest BCUT2D eigenvalue weighted by molar-refractivity contribution is 5.75. The Bertz CT molecular complexity index is 1270. The predicted molar refractivity (Wildman–Crippen MR) is 130 cm³/mol. The minimum atomic E-state index is -0.264. The van der Waals surface area contributed by atoms with Crippen molar-refractivity contribution in [3.05, 3.63) is 131 Å². The van der Waals surface area contributed by atoms with E-state index >= 15 is 0 Å². The van der Waals surface area contributed by atoms with Crippen LogP contribution in [0.5, 0.6) is 0 Å². The van der Waals surface area contributed by atoms with Crippen LogP contribution >= 0.6 is 0 Å². The van der Waals surface area contributed by atoms with Crippen LogP contribution in [0.1, 0.15) is 24.0 Å². The fourth-order valence-corrected chi connectivity index (χ4v) is 3.42. The van der Waals surface area contributed by atoms with E-state index in [0.717, 1.165) is 35.2 Å². The SMILES string of the molecule is C=C1/C=C\C=C/CCC(/C=C/c2ccccc2)=C(/c2cc(-c3ccncc3)n[nH]c2=O)N1. The summed E-state index contributed by atoms with van der Waals surface area (Å²) >= 11 is 0. The molecule has 0 bridgehead atoms. The Morgan fingerprint density at radius 1 is 1.00 bits per heavy atom. The summed E-state index contributed by atoms with van der Waals surface area (Å²) in [6, 6.07) is 15.6. The van der Waals surface area contributed by atoms with Crippen molar-refractivity contribution in [1.29, 1.82) is 0 Å². The first kappa shape index (κ1) is 21.0. The smallest absolute Gasteiger partial charge is 0.273 e. The molecule has 0 saturated heterocycles. The van der Waals surface area contributed by atoms with Gasteiger partial charge in [-0.15, -0.1) is 0 Å². The molecule has 0 radical (unpaired) electrons. The molecule has 0 fully saturated rings. The van der Waals surface area contributed by atoms with Crippen molar-refractivity contribution < 1.29 is 0 Å². The lowest BCUT2D eigenvalue weighted by atomic mass is 9.99. The molecule has 3 aromatic rings. The zero-order valence-electron chi connectivity index (χ0n) is 17.7. The number of hydrogen-bond acceptors (Lipinski definition) is 4. The molecule has 5 heteroatoms. The molecule has 0 saturated carbocycles. The van der Waals surface area contributed by atoms with Crippen LogP contribution in [-0.4, -0.2) is 15.2 Å². The number of nitrogens with one attached hydrogen (secondary N) is 2. The van der Waals surface area contributed by atoms with Crippen molar-refractivity contribution in [2.24, 2.45) is 0 Å². The minimum absolute atomic E-state index is 0.264. The van der Waals surface area contributed by atoms with Crippen LogP contribution in [0.3, 0.4) is 0 Å². The van der Waals surface area contributed by atoms with Crippen LogP contribution in [0, 0.1) is 0 Å². The number of aromatic amines is 1. The van der Waals surface area contributed by atoms with Crippen molar-refractivity contribution in [2.75, 3.05) is 0 Å². The Morgan fingerprint density at radius 2 is 1.81 bits per heavy atom. The summed E-state index contributed by atoms with van der Waals surface area (Å²) < 4.78 is 0. The highest BCUT2D eigenvalue weighted by Gasteiger charge is 2.15. The van der Waals surface area contributed by atoms with E-state index in [9.17, 15) is 4.79 Å². The van der Waals surface area contributed by atoms with Gasteiger partial charge >= 0.3 is 0 Å². The quantitative estimate of drug-likeness (QED) is 0.604. The van der Waals surface area contributed by atoms with Crippen molar-refractivity contribution in [2.45, 2.75) is 12.8 Å². The monoisotopic (exact) mass is 420 g/mol. The number of pyridine rings is 1. The van der Waals surface area contributed by atoms with Crippen LogP contribution in [0.2, 0.25) is 0 Å². The number of hydrogen-bond donors (Lipinski definition) is 2. The van der Waals surface area contributed by atoms with Gasteiger partial charge in [-0.2, -0.15) is 5.10 Å². The first-order valence-electron chi connectivity index (χ1n) is 10.5. The molecule has 1 aromatic carbocycles. The average molecular weight is 421 g/mol. The van der Waals surface area contributed by atoms with Gasteiger partial charge in [0.05, 0.1) is 17.0 Å². The zero-order valence-corrected chi connectivity index (χ0v) is 17.7. The fourth-order valence-electron chi connectivity index (χ4n) is 3.42. The minimum Gasteiger partial charge on any atom is -0.355 e. The van der Waals surface area contributed by atoms with E-state index in [1.165, 1.54) is 0 Å². The first-order chi connectivity index (χ1) is 15.7. The van der Waals surface area contributed by atoms with Crippen LogP contribution in [0.4, 0.5) is 0 Å².